The lowest BCUT2D eigenvalue weighted by molar-refractivity contribution is 0.467. The average molecular weight is 423 g/mol. The first-order chi connectivity index (χ1) is 15.6. The number of aromatic hydroxyl groups is 2. The van der Waals surface area contributed by atoms with Crippen molar-refractivity contribution in [3.63, 3.8) is 0 Å². The summed E-state index contributed by atoms with van der Waals surface area (Å²) in [6.07, 6.45) is 3.78. The summed E-state index contributed by atoms with van der Waals surface area (Å²) in [5, 5.41) is 20.1. The van der Waals surface area contributed by atoms with Crippen LogP contribution in [0.5, 0.6) is 11.5 Å². The van der Waals surface area contributed by atoms with Crippen molar-refractivity contribution in [2.75, 3.05) is 0 Å². The Labute approximate surface area is 190 Å². The van der Waals surface area contributed by atoms with Gasteiger partial charge in [-0.3, -0.25) is 0 Å². The van der Waals surface area contributed by atoms with Gasteiger partial charge in [-0.1, -0.05) is 87.4 Å². The van der Waals surface area contributed by atoms with Crippen LogP contribution in [0, 0.1) is 0 Å². The normalized spacial score (nSPS) is 10.9. The highest BCUT2D eigenvalue weighted by atomic mass is 16.3. The second-order valence-electron chi connectivity index (χ2n) is 8.34. The van der Waals surface area contributed by atoms with Crippen LogP contribution in [0.25, 0.3) is 33.4 Å². The lowest BCUT2D eigenvalue weighted by atomic mass is 9.96. The van der Waals surface area contributed by atoms with E-state index >= 15 is 0 Å². The van der Waals surface area contributed by atoms with Gasteiger partial charge in [-0.15, -0.1) is 0 Å². The monoisotopic (exact) mass is 422 g/mol. The van der Waals surface area contributed by atoms with Gasteiger partial charge >= 0.3 is 0 Å². The fourth-order valence-corrected chi connectivity index (χ4v) is 4.18. The summed E-state index contributed by atoms with van der Waals surface area (Å²) in [6.45, 7) is 4.25. The Morgan fingerprint density at radius 3 is 1.03 bits per heavy atom. The molecular weight excluding hydrogens is 392 g/mol. The van der Waals surface area contributed by atoms with Crippen molar-refractivity contribution in [3.05, 3.63) is 96.1 Å². The predicted molar refractivity (Wildman–Crippen MR) is 134 cm³/mol. The number of hydrogen-bond acceptors (Lipinski definition) is 2. The van der Waals surface area contributed by atoms with E-state index in [9.17, 15) is 10.2 Å². The van der Waals surface area contributed by atoms with Gasteiger partial charge in [0.1, 0.15) is 11.5 Å². The molecule has 0 aliphatic rings. The quantitative estimate of drug-likeness (QED) is 0.317. The van der Waals surface area contributed by atoms with Crippen LogP contribution in [0.3, 0.4) is 0 Å². The number of phenolic OH excluding ortho intramolecular Hbond substituents is 2. The molecule has 4 rings (SSSR count). The van der Waals surface area contributed by atoms with Crippen molar-refractivity contribution in [2.45, 2.75) is 39.5 Å². The van der Waals surface area contributed by atoms with E-state index in [0.717, 1.165) is 59.1 Å². The van der Waals surface area contributed by atoms with Crippen LogP contribution < -0.4 is 0 Å². The second kappa shape index (κ2) is 9.74. The first-order valence-electron chi connectivity index (χ1n) is 11.4. The Morgan fingerprint density at radius 2 is 0.719 bits per heavy atom. The molecule has 0 atom stereocenters. The van der Waals surface area contributed by atoms with E-state index in [2.05, 4.69) is 74.5 Å². The fraction of sp³-hybridized carbons (Fsp3) is 0.200. The average Bonchev–Trinajstić information content (AvgIpc) is 2.82. The third-order valence-electron chi connectivity index (χ3n) is 5.97. The first-order valence-corrected chi connectivity index (χ1v) is 11.4. The maximum Gasteiger partial charge on any atom is 0.118 e. The van der Waals surface area contributed by atoms with E-state index in [1.165, 1.54) is 11.1 Å². The number of hydrogen-bond donors (Lipinski definition) is 2. The van der Waals surface area contributed by atoms with Crippen molar-refractivity contribution >= 4 is 0 Å². The van der Waals surface area contributed by atoms with Crippen molar-refractivity contribution < 1.29 is 10.2 Å². The summed E-state index contributed by atoms with van der Waals surface area (Å²) in [5.41, 5.74) is 8.90. The molecule has 0 bridgehead atoms. The highest BCUT2D eigenvalue weighted by Gasteiger charge is 2.07. The Hall–Kier alpha value is -3.52. The molecule has 0 amide bonds. The van der Waals surface area contributed by atoms with E-state index in [4.69, 9.17) is 0 Å². The van der Waals surface area contributed by atoms with Gasteiger partial charge in [-0.05, 0) is 81.6 Å². The van der Waals surface area contributed by atoms with Gasteiger partial charge in [0, 0.05) is 0 Å². The third kappa shape index (κ3) is 4.70. The highest BCUT2D eigenvalue weighted by Crippen LogP contribution is 2.31. The van der Waals surface area contributed by atoms with Crippen molar-refractivity contribution in [1.82, 2.24) is 0 Å². The maximum absolute atomic E-state index is 10.1. The largest absolute Gasteiger partial charge is 0.508 e. The molecule has 0 saturated carbocycles. The molecule has 162 valence electrons. The third-order valence-corrected chi connectivity index (χ3v) is 5.97. The molecule has 2 N–H and O–H groups in total. The van der Waals surface area contributed by atoms with Gasteiger partial charge in [0.15, 0.2) is 0 Å². The lowest BCUT2D eigenvalue weighted by Gasteiger charge is -2.10. The van der Waals surface area contributed by atoms with Crippen LogP contribution >= 0.6 is 0 Å². The SMILES string of the molecule is CCCc1cc(-c2ccc(-c3ccc(-c4ccc(O)c(CCC)c4)cc3)cc2)ccc1O. The summed E-state index contributed by atoms with van der Waals surface area (Å²) >= 11 is 0. The molecule has 32 heavy (non-hydrogen) atoms. The van der Waals surface area contributed by atoms with Crippen LogP contribution in [0.1, 0.15) is 37.8 Å². The molecule has 0 unspecified atom stereocenters. The number of aryl methyl sites for hydroxylation is 2. The summed E-state index contributed by atoms with van der Waals surface area (Å²) in [7, 11) is 0. The van der Waals surface area contributed by atoms with Gasteiger partial charge in [0.25, 0.3) is 0 Å². The van der Waals surface area contributed by atoms with Crippen LogP contribution in [-0.2, 0) is 12.8 Å². The number of benzene rings is 4. The van der Waals surface area contributed by atoms with E-state index in [1.54, 1.807) is 12.1 Å². The van der Waals surface area contributed by atoms with E-state index in [-0.39, 0.29) is 0 Å². The Balaban J connectivity index is 1.55. The Bertz CT molecular complexity index is 1090. The molecule has 0 radical (unpaired) electrons. The molecule has 0 fully saturated rings. The van der Waals surface area contributed by atoms with E-state index in [0.29, 0.717) is 11.5 Å². The zero-order valence-electron chi connectivity index (χ0n) is 18.8. The summed E-state index contributed by atoms with van der Waals surface area (Å²) in [4.78, 5) is 0. The minimum Gasteiger partial charge on any atom is -0.508 e. The highest BCUT2D eigenvalue weighted by molar-refractivity contribution is 5.74. The number of rotatable bonds is 7. The topological polar surface area (TPSA) is 40.5 Å². The van der Waals surface area contributed by atoms with Crippen LogP contribution in [0.4, 0.5) is 0 Å². The molecule has 0 aromatic heterocycles. The van der Waals surface area contributed by atoms with Gasteiger partial charge in [-0.25, -0.2) is 0 Å². The molecule has 0 aliphatic heterocycles. The van der Waals surface area contributed by atoms with Crippen molar-refractivity contribution in [3.8, 4) is 44.9 Å². The fourth-order valence-electron chi connectivity index (χ4n) is 4.18. The Morgan fingerprint density at radius 1 is 0.438 bits per heavy atom. The molecule has 2 nitrogen and oxygen atoms in total. The molecule has 0 saturated heterocycles. The first kappa shape index (κ1) is 21.7. The smallest absolute Gasteiger partial charge is 0.118 e. The van der Waals surface area contributed by atoms with Crippen LogP contribution in [-0.4, -0.2) is 10.2 Å². The zero-order valence-corrected chi connectivity index (χ0v) is 18.8. The summed E-state index contributed by atoms with van der Waals surface area (Å²) in [5.74, 6) is 0.755. The minimum absolute atomic E-state index is 0.378. The van der Waals surface area contributed by atoms with E-state index < -0.39 is 0 Å². The van der Waals surface area contributed by atoms with Gasteiger partial charge < -0.3 is 10.2 Å². The predicted octanol–water partition coefficient (Wildman–Crippen LogP) is 8.00. The maximum atomic E-state index is 10.1. The lowest BCUT2D eigenvalue weighted by Crippen LogP contribution is -1.87. The van der Waals surface area contributed by atoms with E-state index in [1.807, 2.05) is 12.1 Å². The van der Waals surface area contributed by atoms with Gasteiger partial charge in [0.2, 0.25) is 0 Å². The number of phenols is 2. The molecule has 4 aromatic rings. The van der Waals surface area contributed by atoms with Gasteiger partial charge in [0.05, 0.1) is 0 Å². The molecule has 0 spiro atoms. The van der Waals surface area contributed by atoms with Gasteiger partial charge in [-0.2, -0.15) is 0 Å². The molecular formula is C30H30O2. The molecule has 2 heteroatoms. The van der Waals surface area contributed by atoms with Crippen molar-refractivity contribution in [1.29, 1.82) is 0 Å². The second-order valence-corrected chi connectivity index (χ2v) is 8.34. The summed E-state index contributed by atoms with van der Waals surface area (Å²) in [6, 6.07) is 28.9. The Kier molecular flexibility index (Phi) is 6.61. The minimum atomic E-state index is 0.378. The van der Waals surface area contributed by atoms with Crippen molar-refractivity contribution in [2.24, 2.45) is 0 Å². The zero-order chi connectivity index (χ0) is 22.5. The van der Waals surface area contributed by atoms with Crippen LogP contribution in [0.2, 0.25) is 0 Å². The molecule has 0 aliphatic carbocycles. The molecule has 0 heterocycles. The standard InChI is InChI=1S/C30H30O2/c1-3-5-27-19-25(15-17-29(27)31)23-11-7-21(8-12-23)22-9-13-24(14-10-22)26-16-18-30(32)28(20-26)6-4-2/h7-20,31-32H,3-6H2,1-2H3. The van der Waals surface area contributed by atoms with Crippen LogP contribution in [0.15, 0.2) is 84.9 Å². The molecule has 4 aromatic carbocycles. The summed E-state index contributed by atoms with van der Waals surface area (Å²) < 4.78 is 0.